The number of nitrogens with one attached hydrogen (secondary N) is 1. The SMILES string of the molecule is CNC(C#N)CN(C)c1cccc(OC)c1. The zero-order chi connectivity index (χ0) is 12.0. The van der Waals surface area contributed by atoms with Crippen molar-refractivity contribution in [3.05, 3.63) is 24.3 Å². The molecule has 0 aromatic heterocycles. The molecule has 0 bridgehead atoms. The van der Waals surface area contributed by atoms with Gasteiger partial charge < -0.3 is 15.0 Å². The smallest absolute Gasteiger partial charge is 0.120 e. The molecule has 4 nitrogen and oxygen atoms in total. The van der Waals surface area contributed by atoms with Gasteiger partial charge in [0, 0.05) is 25.3 Å². The molecule has 1 rings (SSSR count). The van der Waals surface area contributed by atoms with Crippen LogP contribution in [0.1, 0.15) is 0 Å². The summed E-state index contributed by atoms with van der Waals surface area (Å²) < 4.78 is 5.16. The monoisotopic (exact) mass is 219 g/mol. The number of anilines is 1. The van der Waals surface area contributed by atoms with Crippen molar-refractivity contribution in [3.63, 3.8) is 0 Å². The first-order valence-electron chi connectivity index (χ1n) is 5.13. The fraction of sp³-hybridized carbons (Fsp3) is 0.417. The van der Waals surface area contributed by atoms with Crippen molar-refractivity contribution < 1.29 is 4.74 Å². The molecule has 0 saturated heterocycles. The first-order valence-corrected chi connectivity index (χ1v) is 5.13. The van der Waals surface area contributed by atoms with E-state index in [-0.39, 0.29) is 6.04 Å². The molecule has 1 atom stereocenters. The van der Waals surface area contributed by atoms with Gasteiger partial charge in [0.15, 0.2) is 0 Å². The van der Waals surface area contributed by atoms with Crippen LogP contribution in [0, 0.1) is 11.3 Å². The zero-order valence-corrected chi connectivity index (χ0v) is 9.90. The lowest BCUT2D eigenvalue weighted by Gasteiger charge is -2.22. The molecule has 0 amide bonds. The molecule has 0 heterocycles. The first kappa shape index (κ1) is 12.3. The summed E-state index contributed by atoms with van der Waals surface area (Å²) in [6, 6.07) is 9.80. The fourth-order valence-corrected chi connectivity index (χ4v) is 1.42. The van der Waals surface area contributed by atoms with Crippen LogP contribution in [0.4, 0.5) is 5.69 Å². The second kappa shape index (κ2) is 5.99. The Kier molecular flexibility index (Phi) is 4.62. The van der Waals surface area contributed by atoms with Gasteiger partial charge in [0.2, 0.25) is 0 Å². The standard InChI is InChI=1S/C12H17N3O/c1-14-10(8-13)9-15(2)11-5-4-6-12(7-11)16-3/h4-7,10,14H,9H2,1-3H3. The van der Waals surface area contributed by atoms with Crippen LogP contribution in [0.25, 0.3) is 0 Å². The molecule has 0 aliphatic heterocycles. The van der Waals surface area contributed by atoms with Crippen molar-refractivity contribution in [1.29, 1.82) is 5.26 Å². The van der Waals surface area contributed by atoms with Crippen molar-refractivity contribution in [3.8, 4) is 11.8 Å². The highest BCUT2D eigenvalue weighted by molar-refractivity contribution is 5.50. The molecular formula is C12H17N3O. The fourth-order valence-electron chi connectivity index (χ4n) is 1.42. The maximum absolute atomic E-state index is 8.86. The van der Waals surface area contributed by atoms with Gasteiger partial charge in [0.25, 0.3) is 0 Å². The molecule has 1 aromatic rings. The van der Waals surface area contributed by atoms with Crippen LogP contribution >= 0.6 is 0 Å². The van der Waals surface area contributed by atoms with Crippen LogP contribution in [-0.4, -0.2) is 33.8 Å². The Morgan fingerprint density at radius 1 is 1.56 bits per heavy atom. The third-order valence-electron chi connectivity index (χ3n) is 2.45. The van der Waals surface area contributed by atoms with Gasteiger partial charge in [-0.05, 0) is 19.2 Å². The van der Waals surface area contributed by atoms with Crippen molar-refractivity contribution in [2.24, 2.45) is 0 Å². The average Bonchev–Trinajstić information content (AvgIpc) is 2.35. The second-order valence-electron chi connectivity index (χ2n) is 3.55. The quantitative estimate of drug-likeness (QED) is 0.809. The lowest BCUT2D eigenvalue weighted by Crippen LogP contribution is -2.36. The summed E-state index contributed by atoms with van der Waals surface area (Å²) in [5.41, 5.74) is 1.04. The van der Waals surface area contributed by atoms with Crippen LogP contribution in [0.3, 0.4) is 0 Å². The highest BCUT2D eigenvalue weighted by Crippen LogP contribution is 2.19. The number of benzene rings is 1. The number of hydrogen-bond acceptors (Lipinski definition) is 4. The lowest BCUT2D eigenvalue weighted by molar-refractivity contribution is 0.415. The summed E-state index contributed by atoms with van der Waals surface area (Å²) in [5, 5.41) is 11.8. The predicted octanol–water partition coefficient (Wildman–Crippen LogP) is 1.24. The topological polar surface area (TPSA) is 48.3 Å². The summed E-state index contributed by atoms with van der Waals surface area (Å²) in [5.74, 6) is 0.822. The van der Waals surface area contributed by atoms with Crippen molar-refractivity contribution in [1.82, 2.24) is 5.32 Å². The number of methoxy groups -OCH3 is 1. The minimum absolute atomic E-state index is 0.170. The summed E-state index contributed by atoms with van der Waals surface area (Å²) >= 11 is 0. The van der Waals surface area contributed by atoms with Gasteiger partial charge in [-0.25, -0.2) is 0 Å². The molecule has 0 saturated carbocycles. The van der Waals surface area contributed by atoms with E-state index in [9.17, 15) is 0 Å². The van der Waals surface area contributed by atoms with Gasteiger partial charge in [0.05, 0.1) is 13.2 Å². The average molecular weight is 219 g/mol. The van der Waals surface area contributed by atoms with E-state index in [1.807, 2.05) is 36.2 Å². The molecule has 0 spiro atoms. The van der Waals surface area contributed by atoms with Gasteiger partial charge in [0.1, 0.15) is 11.8 Å². The summed E-state index contributed by atoms with van der Waals surface area (Å²) in [6.45, 7) is 0.639. The van der Waals surface area contributed by atoms with E-state index in [4.69, 9.17) is 10.00 Å². The Hall–Kier alpha value is -1.73. The van der Waals surface area contributed by atoms with Crippen LogP contribution in [0.5, 0.6) is 5.75 Å². The van der Waals surface area contributed by atoms with E-state index < -0.39 is 0 Å². The Balaban J connectivity index is 2.72. The normalized spacial score (nSPS) is 11.6. The molecule has 86 valence electrons. The minimum Gasteiger partial charge on any atom is -0.497 e. The summed E-state index contributed by atoms with van der Waals surface area (Å²) in [6.07, 6.45) is 0. The molecule has 4 heteroatoms. The third kappa shape index (κ3) is 3.14. The summed E-state index contributed by atoms with van der Waals surface area (Å²) in [4.78, 5) is 2.02. The first-order chi connectivity index (χ1) is 7.71. The maximum atomic E-state index is 8.86. The van der Waals surface area contributed by atoms with E-state index in [1.165, 1.54) is 0 Å². The number of nitriles is 1. The van der Waals surface area contributed by atoms with Gasteiger partial charge in [-0.15, -0.1) is 0 Å². The van der Waals surface area contributed by atoms with E-state index in [0.717, 1.165) is 11.4 Å². The molecule has 1 unspecified atom stereocenters. The summed E-state index contributed by atoms with van der Waals surface area (Å²) in [7, 11) is 5.38. The molecule has 0 fully saturated rings. The van der Waals surface area contributed by atoms with Crippen molar-refractivity contribution >= 4 is 5.69 Å². The van der Waals surface area contributed by atoms with E-state index in [2.05, 4.69) is 11.4 Å². The maximum Gasteiger partial charge on any atom is 0.120 e. The van der Waals surface area contributed by atoms with E-state index >= 15 is 0 Å². The minimum atomic E-state index is -0.170. The van der Waals surface area contributed by atoms with Crippen molar-refractivity contribution in [2.75, 3.05) is 32.6 Å². The molecular weight excluding hydrogens is 202 g/mol. The van der Waals surface area contributed by atoms with Crippen LogP contribution < -0.4 is 15.0 Å². The third-order valence-corrected chi connectivity index (χ3v) is 2.45. The van der Waals surface area contributed by atoms with E-state index in [0.29, 0.717) is 6.54 Å². The highest BCUT2D eigenvalue weighted by atomic mass is 16.5. The zero-order valence-electron chi connectivity index (χ0n) is 9.90. The van der Waals surface area contributed by atoms with Gasteiger partial charge in [-0.2, -0.15) is 5.26 Å². The molecule has 1 aromatic carbocycles. The van der Waals surface area contributed by atoms with Crippen LogP contribution in [-0.2, 0) is 0 Å². The highest BCUT2D eigenvalue weighted by Gasteiger charge is 2.09. The largest absolute Gasteiger partial charge is 0.497 e. The molecule has 0 aliphatic carbocycles. The van der Waals surface area contributed by atoms with Gasteiger partial charge >= 0.3 is 0 Å². The Labute approximate surface area is 96.4 Å². The Morgan fingerprint density at radius 3 is 2.88 bits per heavy atom. The number of ether oxygens (including phenoxy) is 1. The van der Waals surface area contributed by atoms with E-state index in [1.54, 1.807) is 14.2 Å². The molecule has 0 aliphatic rings. The molecule has 0 radical (unpaired) electrons. The predicted molar refractivity (Wildman–Crippen MR) is 64.7 cm³/mol. The number of hydrogen-bond donors (Lipinski definition) is 1. The van der Waals surface area contributed by atoms with Crippen LogP contribution in [0.15, 0.2) is 24.3 Å². The van der Waals surface area contributed by atoms with Crippen LogP contribution in [0.2, 0.25) is 0 Å². The van der Waals surface area contributed by atoms with Gasteiger partial charge in [-0.3, -0.25) is 0 Å². The lowest BCUT2D eigenvalue weighted by atomic mass is 10.2. The molecule has 1 N–H and O–H groups in total. The Bertz CT molecular complexity index is 373. The Morgan fingerprint density at radius 2 is 2.31 bits per heavy atom. The molecule has 16 heavy (non-hydrogen) atoms. The second-order valence-corrected chi connectivity index (χ2v) is 3.55. The number of rotatable bonds is 5. The van der Waals surface area contributed by atoms with Gasteiger partial charge in [-0.1, -0.05) is 6.07 Å². The number of likely N-dealkylation sites (N-methyl/N-ethyl adjacent to an activating group) is 2. The van der Waals surface area contributed by atoms with Crippen molar-refractivity contribution in [2.45, 2.75) is 6.04 Å². The number of nitrogens with zero attached hydrogens (tertiary/aromatic N) is 2.